The molecule has 0 saturated heterocycles. The first-order valence-electron chi connectivity index (χ1n) is 6.09. The first-order valence-corrected chi connectivity index (χ1v) is 6.97. The standard InChI is InChI=1S/C14H11N3OS/c18-9-12-13(15-14-17(12)5-6-19-14)16-7-10-3-1-2-4-11(10)8-16/h1-6,9H,7-8H2. The van der Waals surface area contributed by atoms with E-state index in [4.69, 9.17) is 0 Å². The third-order valence-corrected chi connectivity index (χ3v) is 4.29. The van der Waals surface area contributed by atoms with Gasteiger partial charge in [0.25, 0.3) is 0 Å². The van der Waals surface area contributed by atoms with E-state index in [-0.39, 0.29) is 0 Å². The highest BCUT2D eigenvalue weighted by molar-refractivity contribution is 7.15. The summed E-state index contributed by atoms with van der Waals surface area (Å²) in [5, 5.41) is 1.94. The SMILES string of the molecule is O=Cc1c(N2Cc3ccccc3C2)nc2sccn12. The second kappa shape index (κ2) is 3.93. The number of thiazole rings is 1. The minimum atomic E-state index is 0.643. The minimum absolute atomic E-state index is 0.643. The van der Waals surface area contributed by atoms with E-state index in [0.717, 1.165) is 30.2 Å². The second-order valence-electron chi connectivity index (χ2n) is 4.62. The average Bonchev–Trinajstić information content (AvgIpc) is 3.10. The molecule has 0 unspecified atom stereocenters. The number of hydrogen-bond donors (Lipinski definition) is 0. The molecule has 0 bridgehead atoms. The highest BCUT2D eigenvalue weighted by Crippen LogP contribution is 2.30. The van der Waals surface area contributed by atoms with Crippen molar-refractivity contribution in [2.24, 2.45) is 0 Å². The van der Waals surface area contributed by atoms with Gasteiger partial charge in [0, 0.05) is 24.7 Å². The molecule has 94 valence electrons. The van der Waals surface area contributed by atoms with Crippen LogP contribution in [-0.2, 0) is 13.1 Å². The molecule has 1 aliphatic heterocycles. The Labute approximate surface area is 113 Å². The summed E-state index contributed by atoms with van der Waals surface area (Å²) >= 11 is 1.55. The first kappa shape index (κ1) is 10.8. The highest BCUT2D eigenvalue weighted by Gasteiger charge is 2.24. The van der Waals surface area contributed by atoms with Crippen LogP contribution in [0.5, 0.6) is 0 Å². The van der Waals surface area contributed by atoms with E-state index in [1.807, 2.05) is 16.0 Å². The van der Waals surface area contributed by atoms with Crippen molar-refractivity contribution in [1.82, 2.24) is 9.38 Å². The van der Waals surface area contributed by atoms with Crippen molar-refractivity contribution in [3.05, 3.63) is 52.7 Å². The Balaban J connectivity index is 1.80. The van der Waals surface area contributed by atoms with Crippen molar-refractivity contribution in [3.8, 4) is 0 Å². The van der Waals surface area contributed by atoms with Gasteiger partial charge in [0.1, 0.15) is 5.69 Å². The van der Waals surface area contributed by atoms with Gasteiger partial charge < -0.3 is 4.90 Å². The van der Waals surface area contributed by atoms with Gasteiger partial charge in [0.2, 0.25) is 0 Å². The molecule has 4 rings (SSSR count). The first-order chi connectivity index (χ1) is 9.36. The fourth-order valence-electron chi connectivity index (χ4n) is 2.62. The van der Waals surface area contributed by atoms with Gasteiger partial charge in [-0.25, -0.2) is 4.98 Å². The molecule has 0 N–H and O–H groups in total. The molecule has 0 atom stereocenters. The zero-order valence-electron chi connectivity index (χ0n) is 10.1. The predicted octanol–water partition coefficient (Wildman–Crippen LogP) is 2.73. The topological polar surface area (TPSA) is 37.6 Å². The smallest absolute Gasteiger partial charge is 0.196 e. The lowest BCUT2D eigenvalue weighted by Gasteiger charge is -2.14. The Bertz CT molecular complexity index is 749. The summed E-state index contributed by atoms with van der Waals surface area (Å²) in [6, 6.07) is 8.37. The largest absolute Gasteiger partial charge is 0.346 e. The maximum atomic E-state index is 11.3. The zero-order chi connectivity index (χ0) is 12.8. The van der Waals surface area contributed by atoms with Crippen LogP contribution in [0.1, 0.15) is 21.6 Å². The molecule has 0 radical (unpaired) electrons. The number of imidazole rings is 1. The fourth-order valence-corrected chi connectivity index (χ4v) is 3.33. The molecule has 2 aromatic heterocycles. The Morgan fingerprint density at radius 3 is 2.63 bits per heavy atom. The van der Waals surface area contributed by atoms with Crippen LogP contribution in [0.25, 0.3) is 4.96 Å². The number of aromatic nitrogens is 2. The summed E-state index contributed by atoms with van der Waals surface area (Å²) in [6.07, 6.45) is 2.79. The molecule has 3 heterocycles. The van der Waals surface area contributed by atoms with E-state index in [0.29, 0.717) is 5.69 Å². The van der Waals surface area contributed by atoms with Gasteiger partial charge in [-0.2, -0.15) is 0 Å². The second-order valence-corrected chi connectivity index (χ2v) is 5.49. The molecule has 0 fully saturated rings. The fraction of sp³-hybridized carbons (Fsp3) is 0.143. The number of nitrogens with zero attached hydrogens (tertiary/aromatic N) is 3. The lowest BCUT2D eigenvalue weighted by atomic mass is 10.1. The molecular weight excluding hydrogens is 258 g/mol. The molecule has 0 amide bonds. The van der Waals surface area contributed by atoms with Gasteiger partial charge in [-0.05, 0) is 11.1 Å². The number of rotatable bonds is 2. The lowest BCUT2D eigenvalue weighted by molar-refractivity contribution is 0.111. The van der Waals surface area contributed by atoms with E-state index in [1.165, 1.54) is 11.1 Å². The van der Waals surface area contributed by atoms with E-state index < -0.39 is 0 Å². The molecule has 19 heavy (non-hydrogen) atoms. The normalized spacial score (nSPS) is 14.0. The third kappa shape index (κ3) is 1.51. The molecule has 3 aromatic rings. The summed E-state index contributed by atoms with van der Waals surface area (Å²) in [5.74, 6) is 0.790. The van der Waals surface area contributed by atoms with Gasteiger partial charge in [-0.3, -0.25) is 9.20 Å². The molecule has 1 aliphatic rings. The molecular formula is C14H11N3OS. The van der Waals surface area contributed by atoms with Crippen LogP contribution in [0.4, 0.5) is 5.82 Å². The predicted molar refractivity (Wildman–Crippen MR) is 74.8 cm³/mol. The van der Waals surface area contributed by atoms with Crippen molar-refractivity contribution in [2.45, 2.75) is 13.1 Å². The van der Waals surface area contributed by atoms with Crippen molar-refractivity contribution in [3.63, 3.8) is 0 Å². The summed E-state index contributed by atoms with van der Waals surface area (Å²) in [6.45, 7) is 1.64. The van der Waals surface area contributed by atoms with Crippen LogP contribution >= 0.6 is 11.3 Å². The Hall–Kier alpha value is -2.14. The van der Waals surface area contributed by atoms with Crippen molar-refractivity contribution >= 4 is 28.4 Å². The molecule has 4 nitrogen and oxygen atoms in total. The van der Waals surface area contributed by atoms with Crippen LogP contribution in [-0.4, -0.2) is 15.7 Å². The Morgan fingerprint density at radius 2 is 1.95 bits per heavy atom. The van der Waals surface area contributed by atoms with Crippen molar-refractivity contribution in [2.75, 3.05) is 4.90 Å². The van der Waals surface area contributed by atoms with E-state index in [1.54, 1.807) is 11.3 Å². The van der Waals surface area contributed by atoms with Crippen LogP contribution in [0.2, 0.25) is 0 Å². The number of fused-ring (bicyclic) bond motifs is 2. The third-order valence-electron chi connectivity index (χ3n) is 3.53. The average molecular weight is 269 g/mol. The van der Waals surface area contributed by atoms with E-state index in [2.05, 4.69) is 34.1 Å². The highest BCUT2D eigenvalue weighted by atomic mass is 32.1. The molecule has 5 heteroatoms. The van der Waals surface area contributed by atoms with Gasteiger partial charge in [-0.1, -0.05) is 24.3 Å². The number of carbonyl (C=O) groups excluding carboxylic acids is 1. The number of aldehydes is 1. The zero-order valence-corrected chi connectivity index (χ0v) is 10.9. The van der Waals surface area contributed by atoms with Crippen LogP contribution in [0.3, 0.4) is 0 Å². The maximum absolute atomic E-state index is 11.3. The van der Waals surface area contributed by atoms with Gasteiger partial charge >= 0.3 is 0 Å². The summed E-state index contributed by atoms with van der Waals surface area (Å²) in [4.78, 5) is 19.0. The van der Waals surface area contributed by atoms with Gasteiger partial charge in [0.15, 0.2) is 17.1 Å². The molecule has 0 saturated carbocycles. The monoisotopic (exact) mass is 269 g/mol. The summed E-state index contributed by atoms with van der Waals surface area (Å²) < 4.78 is 1.86. The number of carbonyl (C=O) groups is 1. The van der Waals surface area contributed by atoms with Crippen LogP contribution < -0.4 is 4.90 Å². The van der Waals surface area contributed by atoms with E-state index in [9.17, 15) is 4.79 Å². The number of hydrogen-bond acceptors (Lipinski definition) is 4. The van der Waals surface area contributed by atoms with Crippen molar-refractivity contribution < 1.29 is 4.79 Å². The van der Waals surface area contributed by atoms with Gasteiger partial charge in [0.05, 0.1) is 0 Å². The summed E-state index contributed by atoms with van der Waals surface area (Å²) in [5.41, 5.74) is 3.27. The Kier molecular flexibility index (Phi) is 2.22. The van der Waals surface area contributed by atoms with E-state index >= 15 is 0 Å². The van der Waals surface area contributed by atoms with Crippen LogP contribution in [0.15, 0.2) is 35.8 Å². The number of benzene rings is 1. The molecule has 0 spiro atoms. The lowest BCUT2D eigenvalue weighted by Crippen LogP contribution is -2.16. The summed E-state index contributed by atoms with van der Waals surface area (Å²) in [7, 11) is 0. The Morgan fingerprint density at radius 1 is 1.21 bits per heavy atom. The van der Waals surface area contributed by atoms with Gasteiger partial charge in [-0.15, -0.1) is 11.3 Å². The molecule has 1 aromatic carbocycles. The quantitative estimate of drug-likeness (QED) is 0.671. The van der Waals surface area contributed by atoms with Crippen molar-refractivity contribution in [1.29, 1.82) is 0 Å². The maximum Gasteiger partial charge on any atom is 0.196 e. The van der Waals surface area contributed by atoms with Crippen LogP contribution in [0, 0.1) is 0 Å². The minimum Gasteiger partial charge on any atom is -0.346 e. The molecule has 0 aliphatic carbocycles. The number of anilines is 1.